The van der Waals surface area contributed by atoms with Gasteiger partial charge in [-0.05, 0) is 36.8 Å². The minimum atomic E-state index is -0.559. The van der Waals surface area contributed by atoms with Gasteiger partial charge >= 0.3 is 0 Å². The molecule has 1 amide bonds. The van der Waals surface area contributed by atoms with Crippen molar-refractivity contribution < 1.29 is 4.79 Å². The minimum Gasteiger partial charge on any atom is -0.320 e. The Morgan fingerprint density at radius 1 is 1.22 bits per heavy atom. The number of nitrogens with zero attached hydrogens (tertiary/aromatic N) is 2. The molecule has 0 unspecified atom stereocenters. The maximum Gasteiger partial charge on any atom is 0.280 e. The highest BCUT2D eigenvalue weighted by Gasteiger charge is 2.16. The van der Waals surface area contributed by atoms with Crippen LogP contribution in [0, 0.1) is 6.92 Å². The van der Waals surface area contributed by atoms with Crippen LogP contribution in [0.3, 0.4) is 0 Å². The van der Waals surface area contributed by atoms with E-state index in [9.17, 15) is 9.59 Å². The topological polar surface area (TPSA) is 64.0 Å². The predicted octanol–water partition coefficient (Wildman–Crippen LogP) is 3.15. The van der Waals surface area contributed by atoms with E-state index in [0.717, 1.165) is 5.56 Å². The second kappa shape index (κ2) is 5.85. The van der Waals surface area contributed by atoms with Gasteiger partial charge in [0.05, 0.1) is 5.52 Å². The van der Waals surface area contributed by atoms with Crippen molar-refractivity contribution in [2.75, 3.05) is 5.32 Å². The molecule has 0 spiro atoms. The number of amides is 1. The highest BCUT2D eigenvalue weighted by Crippen LogP contribution is 2.20. The highest BCUT2D eigenvalue weighted by atomic mass is 35.5. The Morgan fingerprint density at radius 2 is 1.96 bits per heavy atom. The van der Waals surface area contributed by atoms with Crippen LogP contribution in [0.5, 0.6) is 0 Å². The second-order valence-electron chi connectivity index (χ2n) is 5.24. The third-order valence-corrected chi connectivity index (χ3v) is 4.01. The van der Waals surface area contributed by atoms with Gasteiger partial charge in [0.15, 0.2) is 5.69 Å². The molecule has 3 rings (SSSR count). The lowest BCUT2D eigenvalue weighted by molar-refractivity contribution is 0.101. The summed E-state index contributed by atoms with van der Waals surface area (Å²) in [4.78, 5) is 24.9. The monoisotopic (exact) mass is 327 g/mol. The highest BCUT2D eigenvalue weighted by molar-refractivity contribution is 6.31. The van der Waals surface area contributed by atoms with Crippen molar-refractivity contribution in [1.29, 1.82) is 0 Å². The van der Waals surface area contributed by atoms with Gasteiger partial charge in [-0.3, -0.25) is 14.3 Å². The lowest BCUT2D eigenvalue weighted by atomic mass is 10.2. The zero-order valence-corrected chi connectivity index (χ0v) is 13.4. The molecule has 1 heterocycles. The smallest absolute Gasteiger partial charge is 0.280 e. The molecule has 0 bridgehead atoms. The second-order valence-corrected chi connectivity index (χ2v) is 5.64. The molecule has 3 aromatic rings. The summed E-state index contributed by atoms with van der Waals surface area (Å²) in [6, 6.07) is 12.2. The Bertz CT molecular complexity index is 979. The van der Waals surface area contributed by atoms with Crippen LogP contribution in [0.25, 0.3) is 10.9 Å². The van der Waals surface area contributed by atoms with Crippen molar-refractivity contribution in [1.82, 2.24) is 9.78 Å². The number of rotatable bonds is 2. The minimum absolute atomic E-state index is 0.150. The Balaban J connectivity index is 2.02. The molecule has 0 radical (unpaired) electrons. The standard InChI is InChI=1S/C17H14ClN3O2/c1-10-7-8-11(9-13(10)18)19-17(23)15-16(22)12-5-3-4-6-14(12)21(2)20-15/h3-9H,1-2H3,(H,19,23). The van der Waals surface area contributed by atoms with Crippen LogP contribution in [0.4, 0.5) is 5.69 Å². The van der Waals surface area contributed by atoms with Gasteiger partial charge in [0, 0.05) is 23.1 Å². The van der Waals surface area contributed by atoms with Crippen LogP contribution in [-0.2, 0) is 7.05 Å². The number of aryl methyl sites for hydroxylation is 2. The van der Waals surface area contributed by atoms with Crippen LogP contribution in [0.15, 0.2) is 47.3 Å². The SMILES string of the molecule is Cc1ccc(NC(=O)c2nn(C)c3ccccc3c2=O)cc1Cl. The number of benzene rings is 2. The van der Waals surface area contributed by atoms with E-state index >= 15 is 0 Å². The van der Waals surface area contributed by atoms with Crippen molar-refractivity contribution in [3.63, 3.8) is 0 Å². The van der Waals surface area contributed by atoms with Crippen molar-refractivity contribution in [3.8, 4) is 0 Å². The predicted molar refractivity (Wildman–Crippen MR) is 91.1 cm³/mol. The van der Waals surface area contributed by atoms with Gasteiger partial charge < -0.3 is 5.32 Å². The fourth-order valence-corrected chi connectivity index (χ4v) is 2.51. The third kappa shape index (κ3) is 2.83. The molecule has 0 fully saturated rings. The zero-order valence-electron chi connectivity index (χ0n) is 12.6. The van der Waals surface area contributed by atoms with Gasteiger partial charge in [-0.15, -0.1) is 0 Å². The summed E-state index contributed by atoms with van der Waals surface area (Å²) in [6.45, 7) is 1.87. The van der Waals surface area contributed by atoms with Crippen molar-refractivity contribution >= 4 is 34.1 Å². The van der Waals surface area contributed by atoms with Gasteiger partial charge in [0.25, 0.3) is 5.91 Å². The molecule has 5 nitrogen and oxygen atoms in total. The van der Waals surface area contributed by atoms with Crippen LogP contribution in [-0.4, -0.2) is 15.7 Å². The summed E-state index contributed by atoms with van der Waals surface area (Å²) in [7, 11) is 1.70. The molecule has 1 N–H and O–H groups in total. The molecule has 1 aromatic heterocycles. The number of carbonyl (C=O) groups is 1. The number of para-hydroxylation sites is 1. The van der Waals surface area contributed by atoms with Crippen molar-refractivity contribution in [2.45, 2.75) is 6.92 Å². The average Bonchev–Trinajstić information content (AvgIpc) is 2.54. The van der Waals surface area contributed by atoms with E-state index in [1.54, 1.807) is 43.4 Å². The molecular weight excluding hydrogens is 314 g/mol. The van der Waals surface area contributed by atoms with Gasteiger partial charge in [0.2, 0.25) is 5.43 Å². The summed E-state index contributed by atoms with van der Waals surface area (Å²) in [5.74, 6) is -0.559. The van der Waals surface area contributed by atoms with E-state index < -0.39 is 11.3 Å². The molecule has 0 aliphatic rings. The molecule has 0 atom stereocenters. The zero-order chi connectivity index (χ0) is 16.6. The molecule has 0 saturated heterocycles. The first kappa shape index (κ1) is 15.2. The Morgan fingerprint density at radius 3 is 2.70 bits per heavy atom. The number of nitrogens with one attached hydrogen (secondary N) is 1. The largest absolute Gasteiger partial charge is 0.320 e. The number of carbonyl (C=O) groups excluding carboxylic acids is 1. The quantitative estimate of drug-likeness (QED) is 0.786. The van der Waals surface area contributed by atoms with E-state index in [1.807, 2.05) is 13.0 Å². The lowest BCUT2D eigenvalue weighted by Crippen LogP contribution is -2.26. The summed E-state index contributed by atoms with van der Waals surface area (Å²) >= 11 is 6.05. The van der Waals surface area contributed by atoms with E-state index in [-0.39, 0.29) is 5.69 Å². The molecule has 23 heavy (non-hydrogen) atoms. The van der Waals surface area contributed by atoms with Crippen molar-refractivity contribution in [3.05, 3.63) is 69.0 Å². The van der Waals surface area contributed by atoms with Crippen LogP contribution < -0.4 is 10.7 Å². The first-order valence-electron chi connectivity index (χ1n) is 7.01. The summed E-state index contributed by atoms with van der Waals surface area (Å²) in [5.41, 5.74) is 1.55. The normalized spacial score (nSPS) is 10.7. The summed E-state index contributed by atoms with van der Waals surface area (Å²) in [5, 5.41) is 7.76. The fourth-order valence-electron chi connectivity index (χ4n) is 2.33. The average molecular weight is 328 g/mol. The van der Waals surface area contributed by atoms with Gasteiger partial charge in [-0.25, -0.2) is 0 Å². The maximum atomic E-state index is 12.5. The molecule has 116 valence electrons. The molecule has 6 heteroatoms. The number of anilines is 1. The molecule has 2 aromatic carbocycles. The number of halogens is 1. The van der Waals surface area contributed by atoms with E-state index in [0.29, 0.717) is 21.6 Å². The maximum absolute atomic E-state index is 12.5. The summed E-state index contributed by atoms with van der Waals surface area (Å²) in [6.07, 6.45) is 0. The Labute approximate surface area is 137 Å². The molecule has 0 aliphatic heterocycles. The van der Waals surface area contributed by atoms with Crippen molar-refractivity contribution in [2.24, 2.45) is 7.05 Å². The third-order valence-electron chi connectivity index (χ3n) is 3.61. The van der Waals surface area contributed by atoms with Gasteiger partial charge in [-0.1, -0.05) is 29.8 Å². The summed E-state index contributed by atoms with van der Waals surface area (Å²) < 4.78 is 1.52. The van der Waals surface area contributed by atoms with E-state index in [1.165, 1.54) is 4.68 Å². The Hall–Kier alpha value is -2.66. The van der Waals surface area contributed by atoms with E-state index in [4.69, 9.17) is 11.6 Å². The van der Waals surface area contributed by atoms with Gasteiger partial charge in [-0.2, -0.15) is 5.10 Å². The number of hydrogen-bond acceptors (Lipinski definition) is 3. The van der Waals surface area contributed by atoms with Gasteiger partial charge in [0.1, 0.15) is 0 Å². The first-order chi connectivity index (χ1) is 11.0. The van der Waals surface area contributed by atoms with Crippen LogP contribution >= 0.6 is 11.6 Å². The molecular formula is C17H14ClN3O2. The number of aromatic nitrogens is 2. The fraction of sp³-hybridized carbons (Fsp3) is 0.118. The molecule has 0 saturated carbocycles. The number of hydrogen-bond donors (Lipinski definition) is 1. The van der Waals surface area contributed by atoms with Crippen LogP contribution in [0.1, 0.15) is 16.1 Å². The Kier molecular flexibility index (Phi) is 3.88. The van der Waals surface area contributed by atoms with E-state index in [2.05, 4.69) is 10.4 Å². The lowest BCUT2D eigenvalue weighted by Gasteiger charge is -2.09. The van der Waals surface area contributed by atoms with Crippen LogP contribution in [0.2, 0.25) is 5.02 Å². The number of fused-ring (bicyclic) bond motifs is 1. The molecule has 0 aliphatic carbocycles. The first-order valence-corrected chi connectivity index (χ1v) is 7.39.